The van der Waals surface area contributed by atoms with Gasteiger partial charge in [0.2, 0.25) is 15.9 Å². The normalized spacial score (nSPS) is 16.8. The summed E-state index contributed by atoms with van der Waals surface area (Å²) < 4.78 is 27.3. The van der Waals surface area contributed by atoms with Crippen LogP contribution in [0.1, 0.15) is 6.92 Å². The Morgan fingerprint density at radius 3 is 2.40 bits per heavy atom. The summed E-state index contributed by atoms with van der Waals surface area (Å²) in [5.74, 6) is -0.0201. The van der Waals surface area contributed by atoms with Gasteiger partial charge < -0.3 is 5.32 Å². The highest BCUT2D eigenvalue weighted by atomic mass is 32.2. The van der Waals surface area contributed by atoms with Gasteiger partial charge in [0.25, 0.3) is 0 Å². The van der Waals surface area contributed by atoms with Gasteiger partial charge in [0.1, 0.15) is 0 Å². The maximum atomic E-state index is 12.9. The van der Waals surface area contributed by atoms with Crippen LogP contribution in [0.4, 0.5) is 0 Å². The minimum atomic E-state index is -3.51. The minimum Gasteiger partial charge on any atom is -0.355 e. The summed E-state index contributed by atoms with van der Waals surface area (Å²) in [6.45, 7) is 4.72. The lowest BCUT2D eigenvalue weighted by molar-refractivity contribution is -0.122. The largest absolute Gasteiger partial charge is 0.355 e. The lowest BCUT2D eigenvalue weighted by Gasteiger charge is -2.33. The van der Waals surface area contributed by atoms with Gasteiger partial charge in [-0.2, -0.15) is 4.31 Å². The van der Waals surface area contributed by atoms with E-state index in [9.17, 15) is 13.2 Å². The molecular formula is C18H23N3O3S. The Balaban J connectivity index is 1.69. The molecule has 0 atom stereocenters. The third kappa shape index (κ3) is 4.00. The Morgan fingerprint density at radius 1 is 1.04 bits per heavy atom. The Hall–Kier alpha value is -1.96. The van der Waals surface area contributed by atoms with Gasteiger partial charge in [-0.3, -0.25) is 9.69 Å². The van der Waals surface area contributed by atoms with E-state index in [1.54, 1.807) is 12.1 Å². The van der Waals surface area contributed by atoms with Crippen LogP contribution in [-0.4, -0.2) is 62.8 Å². The lowest BCUT2D eigenvalue weighted by atomic mass is 10.1. The Bertz CT molecular complexity index is 859. The van der Waals surface area contributed by atoms with Gasteiger partial charge in [0, 0.05) is 32.7 Å². The fourth-order valence-corrected chi connectivity index (χ4v) is 4.52. The average molecular weight is 361 g/mol. The smallest absolute Gasteiger partial charge is 0.243 e. The molecule has 1 heterocycles. The second-order valence-corrected chi connectivity index (χ2v) is 8.08. The summed E-state index contributed by atoms with van der Waals surface area (Å²) in [5.41, 5.74) is 0. The third-order valence-corrected chi connectivity index (χ3v) is 6.33. The molecule has 0 aromatic heterocycles. The van der Waals surface area contributed by atoms with Crippen molar-refractivity contribution in [3.63, 3.8) is 0 Å². The van der Waals surface area contributed by atoms with Crippen molar-refractivity contribution in [2.75, 3.05) is 39.3 Å². The number of carbonyl (C=O) groups excluding carboxylic acids is 1. The molecule has 7 heteroatoms. The molecule has 0 aliphatic carbocycles. The molecule has 0 unspecified atom stereocenters. The van der Waals surface area contributed by atoms with Gasteiger partial charge in [-0.15, -0.1) is 0 Å². The maximum Gasteiger partial charge on any atom is 0.243 e. The monoisotopic (exact) mass is 361 g/mol. The van der Waals surface area contributed by atoms with Crippen molar-refractivity contribution in [2.24, 2.45) is 0 Å². The van der Waals surface area contributed by atoms with E-state index < -0.39 is 10.0 Å². The molecule has 0 saturated carbocycles. The first-order valence-corrected chi connectivity index (χ1v) is 9.92. The van der Waals surface area contributed by atoms with Crippen LogP contribution >= 0.6 is 0 Å². The Labute approximate surface area is 148 Å². The number of piperazine rings is 1. The van der Waals surface area contributed by atoms with E-state index in [1.165, 1.54) is 4.31 Å². The predicted octanol–water partition coefficient (Wildman–Crippen LogP) is 1.28. The van der Waals surface area contributed by atoms with E-state index >= 15 is 0 Å². The van der Waals surface area contributed by atoms with E-state index in [2.05, 4.69) is 5.32 Å². The predicted molar refractivity (Wildman–Crippen MR) is 97.8 cm³/mol. The summed E-state index contributed by atoms with van der Waals surface area (Å²) in [6, 6.07) is 13.0. The highest BCUT2D eigenvalue weighted by molar-refractivity contribution is 7.89. The van der Waals surface area contributed by atoms with Crippen molar-refractivity contribution in [2.45, 2.75) is 11.8 Å². The van der Waals surface area contributed by atoms with E-state index in [-0.39, 0.29) is 5.91 Å². The number of nitrogens with one attached hydrogen (secondary N) is 1. The molecule has 2 aromatic carbocycles. The van der Waals surface area contributed by atoms with Crippen LogP contribution in [0.3, 0.4) is 0 Å². The lowest BCUT2D eigenvalue weighted by Crippen LogP contribution is -2.51. The fourth-order valence-electron chi connectivity index (χ4n) is 3.06. The zero-order valence-electron chi connectivity index (χ0n) is 14.3. The zero-order valence-corrected chi connectivity index (χ0v) is 15.1. The van der Waals surface area contributed by atoms with Crippen molar-refractivity contribution in [1.29, 1.82) is 0 Å². The summed E-state index contributed by atoms with van der Waals surface area (Å²) in [6.07, 6.45) is 0. The quantitative estimate of drug-likeness (QED) is 0.871. The fraction of sp³-hybridized carbons (Fsp3) is 0.389. The molecule has 134 valence electrons. The van der Waals surface area contributed by atoms with Crippen molar-refractivity contribution in [3.05, 3.63) is 42.5 Å². The SMILES string of the molecule is CCNC(=O)CN1CCN(S(=O)(=O)c2ccc3ccccc3c2)CC1. The second kappa shape index (κ2) is 7.51. The van der Waals surface area contributed by atoms with Crippen molar-refractivity contribution >= 4 is 26.7 Å². The zero-order chi connectivity index (χ0) is 17.9. The number of carbonyl (C=O) groups is 1. The molecule has 1 fully saturated rings. The molecule has 0 bridgehead atoms. The van der Waals surface area contributed by atoms with E-state index in [0.29, 0.717) is 44.2 Å². The number of hydrogen-bond acceptors (Lipinski definition) is 4. The van der Waals surface area contributed by atoms with Gasteiger partial charge >= 0.3 is 0 Å². The minimum absolute atomic E-state index is 0.0201. The summed E-state index contributed by atoms with van der Waals surface area (Å²) >= 11 is 0. The number of hydrogen-bond donors (Lipinski definition) is 1. The second-order valence-electron chi connectivity index (χ2n) is 6.14. The molecule has 1 amide bonds. The van der Waals surface area contributed by atoms with Crippen molar-refractivity contribution in [1.82, 2.24) is 14.5 Å². The van der Waals surface area contributed by atoms with E-state index in [4.69, 9.17) is 0 Å². The summed E-state index contributed by atoms with van der Waals surface area (Å²) in [7, 11) is -3.51. The van der Waals surface area contributed by atoms with Crippen LogP contribution in [0.15, 0.2) is 47.4 Å². The van der Waals surface area contributed by atoms with Crippen LogP contribution < -0.4 is 5.32 Å². The summed E-state index contributed by atoms with van der Waals surface area (Å²) in [4.78, 5) is 14.0. The van der Waals surface area contributed by atoms with Gasteiger partial charge in [-0.1, -0.05) is 30.3 Å². The molecule has 1 saturated heterocycles. The van der Waals surface area contributed by atoms with Gasteiger partial charge in [-0.25, -0.2) is 8.42 Å². The average Bonchev–Trinajstić information content (AvgIpc) is 2.62. The highest BCUT2D eigenvalue weighted by Gasteiger charge is 2.29. The summed E-state index contributed by atoms with van der Waals surface area (Å²) in [5, 5.41) is 4.70. The van der Waals surface area contributed by atoms with Crippen LogP contribution in [0.25, 0.3) is 10.8 Å². The number of nitrogens with zero attached hydrogens (tertiary/aromatic N) is 2. The van der Waals surface area contributed by atoms with Crippen LogP contribution in [-0.2, 0) is 14.8 Å². The number of likely N-dealkylation sites (N-methyl/N-ethyl adjacent to an activating group) is 1. The molecule has 1 aliphatic rings. The van der Waals surface area contributed by atoms with Crippen LogP contribution in [0.2, 0.25) is 0 Å². The number of fused-ring (bicyclic) bond motifs is 1. The van der Waals surface area contributed by atoms with Crippen molar-refractivity contribution in [3.8, 4) is 0 Å². The number of sulfonamides is 1. The Morgan fingerprint density at radius 2 is 1.72 bits per heavy atom. The molecule has 3 rings (SSSR count). The van der Waals surface area contributed by atoms with E-state index in [0.717, 1.165) is 10.8 Å². The molecule has 0 spiro atoms. The molecule has 1 aliphatic heterocycles. The Kier molecular flexibility index (Phi) is 5.36. The first-order valence-electron chi connectivity index (χ1n) is 8.48. The number of benzene rings is 2. The number of amides is 1. The van der Waals surface area contributed by atoms with Gasteiger partial charge in [0.15, 0.2) is 0 Å². The van der Waals surface area contributed by atoms with Gasteiger partial charge in [0.05, 0.1) is 11.4 Å². The topological polar surface area (TPSA) is 69.7 Å². The molecule has 0 radical (unpaired) electrons. The first kappa shape index (κ1) is 17.8. The standard InChI is InChI=1S/C18H23N3O3S/c1-2-19-18(22)14-20-9-11-21(12-10-20)25(23,24)17-8-7-15-5-3-4-6-16(15)13-17/h3-8,13H,2,9-12,14H2,1H3,(H,19,22). The van der Waals surface area contributed by atoms with Gasteiger partial charge in [-0.05, 0) is 29.8 Å². The number of rotatable bonds is 5. The molecule has 6 nitrogen and oxygen atoms in total. The van der Waals surface area contributed by atoms with Crippen LogP contribution in [0, 0.1) is 0 Å². The molecular weight excluding hydrogens is 338 g/mol. The third-order valence-electron chi connectivity index (χ3n) is 4.43. The van der Waals surface area contributed by atoms with Crippen molar-refractivity contribution < 1.29 is 13.2 Å². The maximum absolute atomic E-state index is 12.9. The first-order chi connectivity index (χ1) is 12.0. The highest BCUT2D eigenvalue weighted by Crippen LogP contribution is 2.22. The molecule has 1 N–H and O–H groups in total. The van der Waals surface area contributed by atoms with E-state index in [1.807, 2.05) is 42.2 Å². The molecule has 2 aromatic rings. The van der Waals surface area contributed by atoms with Crippen LogP contribution in [0.5, 0.6) is 0 Å². The molecule has 25 heavy (non-hydrogen) atoms.